The molecule has 0 aliphatic rings. The quantitative estimate of drug-likeness (QED) is 0.305. The van der Waals surface area contributed by atoms with Crippen molar-refractivity contribution in [1.29, 1.82) is 0 Å². The summed E-state index contributed by atoms with van der Waals surface area (Å²) in [6.07, 6.45) is 1.54. The van der Waals surface area contributed by atoms with E-state index < -0.39 is 5.60 Å². The van der Waals surface area contributed by atoms with Crippen molar-refractivity contribution >= 4 is 27.5 Å². The standard InChI is InChI=1S/C22H24N4O3S/c1-3-23-21(25-14-22(2,27)19-9-6-12-28-19)24-13-15-10-11-17(29-15)20-26-16-7-4-5-8-18(16)30-20/h4-12,27H,3,13-14H2,1-2H3,(H2,23,24,25). The SMILES string of the molecule is CCNC(=NCc1ccc(-c2nc3ccccc3s2)o1)NCC(C)(O)c1ccco1. The number of rotatable bonds is 7. The van der Waals surface area contributed by atoms with Gasteiger partial charge in [0, 0.05) is 6.54 Å². The third kappa shape index (κ3) is 4.55. The Morgan fingerprint density at radius 2 is 2.03 bits per heavy atom. The van der Waals surface area contributed by atoms with Crippen LogP contribution in [-0.2, 0) is 12.1 Å². The van der Waals surface area contributed by atoms with Gasteiger partial charge in [-0.05, 0) is 50.2 Å². The third-order valence-corrected chi connectivity index (χ3v) is 5.61. The third-order valence-electron chi connectivity index (χ3n) is 4.56. The summed E-state index contributed by atoms with van der Waals surface area (Å²) < 4.78 is 12.4. The number of fused-ring (bicyclic) bond motifs is 1. The van der Waals surface area contributed by atoms with Crippen molar-refractivity contribution in [3.8, 4) is 10.8 Å². The first kappa shape index (κ1) is 20.2. The molecule has 30 heavy (non-hydrogen) atoms. The number of thiazole rings is 1. The predicted octanol–water partition coefficient (Wildman–Crippen LogP) is 4.11. The van der Waals surface area contributed by atoms with Crippen LogP contribution in [0.5, 0.6) is 0 Å². The average molecular weight is 425 g/mol. The van der Waals surface area contributed by atoms with Gasteiger partial charge in [-0.25, -0.2) is 9.98 Å². The van der Waals surface area contributed by atoms with E-state index in [1.54, 1.807) is 36.7 Å². The largest absolute Gasteiger partial charge is 0.466 e. The maximum Gasteiger partial charge on any atom is 0.191 e. The molecular weight excluding hydrogens is 400 g/mol. The fourth-order valence-electron chi connectivity index (χ4n) is 2.98. The van der Waals surface area contributed by atoms with E-state index in [0.29, 0.717) is 24.8 Å². The van der Waals surface area contributed by atoms with Crippen molar-refractivity contribution in [3.63, 3.8) is 0 Å². The van der Waals surface area contributed by atoms with E-state index in [9.17, 15) is 5.11 Å². The second-order valence-electron chi connectivity index (χ2n) is 7.05. The summed E-state index contributed by atoms with van der Waals surface area (Å²) in [4.78, 5) is 9.19. The number of aliphatic hydroxyl groups is 1. The minimum atomic E-state index is -1.15. The van der Waals surface area contributed by atoms with Gasteiger partial charge < -0.3 is 24.6 Å². The van der Waals surface area contributed by atoms with Crippen LogP contribution >= 0.6 is 11.3 Å². The van der Waals surface area contributed by atoms with Crippen LogP contribution in [0.2, 0.25) is 0 Å². The van der Waals surface area contributed by atoms with Crippen LogP contribution in [0.25, 0.3) is 21.0 Å². The van der Waals surface area contributed by atoms with Crippen LogP contribution in [0.3, 0.4) is 0 Å². The van der Waals surface area contributed by atoms with Crippen LogP contribution < -0.4 is 10.6 Å². The lowest BCUT2D eigenvalue weighted by molar-refractivity contribution is 0.0386. The van der Waals surface area contributed by atoms with E-state index >= 15 is 0 Å². The average Bonchev–Trinajstić information content (AvgIpc) is 3.49. The molecule has 0 saturated heterocycles. The number of furan rings is 2. The molecule has 0 amide bonds. The zero-order valence-electron chi connectivity index (χ0n) is 16.9. The number of nitrogens with zero attached hydrogens (tertiary/aromatic N) is 2. The summed E-state index contributed by atoms with van der Waals surface area (Å²) in [6, 6.07) is 15.4. The van der Waals surface area contributed by atoms with Gasteiger partial charge >= 0.3 is 0 Å². The zero-order valence-corrected chi connectivity index (χ0v) is 17.7. The maximum absolute atomic E-state index is 10.6. The zero-order chi connectivity index (χ0) is 21.0. The van der Waals surface area contributed by atoms with Crippen molar-refractivity contribution in [2.45, 2.75) is 26.0 Å². The van der Waals surface area contributed by atoms with Crippen molar-refractivity contribution in [2.75, 3.05) is 13.1 Å². The summed E-state index contributed by atoms with van der Waals surface area (Å²) in [5, 5.41) is 17.8. The molecule has 0 bridgehead atoms. The molecule has 0 radical (unpaired) electrons. The van der Waals surface area contributed by atoms with E-state index in [1.165, 1.54) is 0 Å². The first-order valence-electron chi connectivity index (χ1n) is 9.78. The number of para-hydroxylation sites is 1. The molecule has 0 fully saturated rings. The molecule has 0 saturated carbocycles. The molecule has 4 aromatic rings. The van der Waals surface area contributed by atoms with Gasteiger partial charge in [-0.1, -0.05) is 12.1 Å². The lowest BCUT2D eigenvalue weighted by Crippen LogP contribution is -2.44. The summed E-state index contributed by atoms with van der Waals surface area (Å²) >= 11 is 1.60. The first-order valence-corrected chi connectivity index (χ1v) is 10.6. The van der Waals surface area contributed by atoms with Gasteiger partial charge in [0.25, 0.3) is 0 Å². The molecule has 156 valence electrons. The lowest BCUT2D eigenvalue weighted by Gasteiger charge is -2.22. The Bertz CT molecular complexity index is 1100. The minimum Gasteiger partial charge on any atom is -0.466 e. The molecule has 1 unspecified atom stereocenters. The van der Waals surface area contributed by atoms with Gasteiger partial charge in [-0.3, -0.25) is 0 Å². The molecule has 1 atom stereocenters. The van der Waals surface area contributed by atoms with Crippen LogP contribution in [-0.4, -0.2) is 29.1 Å². The van der Waals surface area contributed by atoms with Gasteiger partial charge in [0.15, 0.2) is 16.7 Å². The number of aliphatic imine (C=N–C) groups is 1. The normalized spacial score (nSPS) is 14.0. The summed E-state index contributed by atoms with van der Waals surface area (Å²) in [5.74, 6) is 2.55. The van der Waals surface area contributed by atoms with Gasteiger partial charge in [-0.2, -0.15) is 0 Å². The van der Waals surface area contributed by atoms with Crippen molar-refractivity contribution in [3.05, 3.63) is 66.3 Å². The van der Waals surface area contributed by atoms with Crippen molar-refractivity contribution in [1.82, 2.24) is 15.6 Å². The molecule has 0 spiro atoms. The number of benzene rings is 1. The molecule has 3 N–H and O–H groups in total. The molecule has 7 nitrogen and oxygen atoms in total. The highest BCUT2D eigenvalue weighted by atomic mass is 32.1. The number of hydrogen-bond donors (Lipinski definition) is 3. The molecule has 3 heterocycles. The Balaban J connectivity index is 1.43. The van der Waals surface area contributed by atoms with Crippen LogP contribution in [0.4, 0.5) is 0 Å². The number of aromatic nitrogens is 1. The van der Waals surface area contributed by atoms with Crippen molar-refractivity contribution in [2.24, 2.45) is 4.99 Å². The molecule has 8 heteroatoms. The topological polar surface area (TPSA) is 95.8 Å². The van der Waals surface area contributed by atoms with E-state index in [0.717, 1.165) is 26.7 Å². The van der Waals surface area contributed by atoms with Gasteiger partial charge in [0.05, 0.1) is 23.0 Å². The van der Waals surface area contributed by atoms with E-state index in [4.69, 9.17) is 8.83 Å². The Kier molecular flexibility index (Phi) is 5.87. The van der Waals surface area contributed by atoms with Crippen molar-refractivity contribution < 1.29 is 13.9 Å². The number of nitrogens with one attached hydrogen (secondary N) is 2. The lowest BCUT2D eigenvalue weighted by atomic mass is 10.0. The van der Waals surface area contributed by atoms with Crippen LogP contribution in [0.15, 0.2) is 68.6 Å². The van der Waals surface area contributed by atoms with E-state index in [1.807, 2.05) is 37.3 Å². The summed E-state index contributed by atoms with van der Waals surface area (Å²) in [5.41, 5.74) is -0.180. The molecule has 0 aliphatic carbocycles. The molecule has 1 aromatic carbocycles. The van der Waals surface area contributed by atoms with Gasteiger partial charge in [0.1, 0.15) is 23.7 Å². The summed E-state index contributed by atoms with van der Waals surface area (Å²) in [7, 11) is 0. The fraction of sp³-hybridized carbons (Fsp3) is 0.273. The highest BCUT2D eigenvalue weighted by molar-refractivity contribution is 7.21. The Morgan fingerprint density at radius 1 is 1.17 bits per heavy atom. The first-order chi connectivity index (χ1) is 14.5. The Hall–Kier alpha value is -3.10. The number of hydrogen-bond acceptors (Lipinski definition) is 6. The minimum absolute atomic E-state index is 0.251. The van der Waals surface area contributed by atoms with E-state index in [2.05, 4.69) is 26.7 Å². The van der Waals surface area contributed by atoms with Crippen LogP contribution in [0, 0.1) is 0 Å². The summed E-state index contributed by atoms with van der Waals surface area (Å²) in [6.45, 7) is 4.99. The second kappa shape index (κ2) is 8.73. The molecule has 3 aromatic heterocycles. The second-order valence-corrected chi connectivity index (χ2v) is 8.08. The molecule has 0 aliphatic heterocycles. The number of guanidine groups is 1. The highest BCUT2D eigenvalue weighted by Crippen LogP contribution is 2.31. The monoisotopic (exact) mass is 424 g/mol. The fourth-order valence-corrected chi connectivity index (χ4v) is 3.91. The smallest absolute Gasteiger partial charge is 0.191 e. The van der Waals surface area contributed by atoms with Gasteiger partial charge in [-0.15, -0.1) is 11.3 Å². The Labute approximate surface area is 178 Å². The highest BCUT2D eigenvalue weighted by Gasteiger charge is 2.26. The predicted molar refractivity (Wildman–Crippen MR) is 118 cm³/mol. The molecule has 4 rings (SSSR count). The Morgan fingerprint density at radius 3 is 2.80 bits per heavy atom. The van der Waals surface area contributed by atoms with E-state index in [-0.39, 0.29) is 6.54 Å². The van der Waals surface area contributed by atoms with Crippen LogP contribution in [0.1, 0.15) is 25.4 Å². The van der Waals surface area contributed by atoms with Gasteiger partial charge in [0.2, 0.25) is 0 Å². The maximum atomic E-state index is 10.6. The molecular formula is C22H24N4O3S.